The number of H-pyrrole nitrogens is 1. The monoisotopic (exact) mass is 357 g/mol. The van der Waals surface area contributed by atoms with E-state index in [1.807, 2.05) is 26.1 Å². The number of aromatic amines is 1. The lowest BCUT2D eigenvalue weighted by Crippen LogP contribution is -2.38. The van der Waals surface area contributed by atoms with Gasteiger partial charge >= 0.3 is 0 Å². The predicted octanol–water partition coefficient (Wildman–Crippen LogP) is 3.16. The van der Waals surface area contributed by atoms with E-state index in [0.29, 0.717) is 19.0 Å². The van der Waals surface area contributed by atoms with Crippen LogP contribution in [0.3, 0.4) is 0 Å². The Morgan fingerprint density at radius 3 is 2.92 bits per heavy atom. The molecule has 0 atom stereocenters. The van der Waals surface area contributed by atoms with Crippen LogP contribution in [0.4, 0.5) is 4.39 Å². The quantitative estimate of drug-likeness (QED) is 0.448. The van der Waals surface area contributed by atoms with Gasteiger partial charge in [-0.2, -0.15) is 0 Å². The lowest BCUT2D eigenvalue weighted by Gasteiger charge is -2.10. The molecule has 0 fully saturated rings. The van der Waals surface area contributed by atoms with Crippen molar-refractivity contribution in [1.82, 2.24) is 20.8 Å². The smallest absolute Gasteiger partial charge is 0.191 e. The maximum Gasteiger partial charge on any atom is 0.191 e. The number of hydrogen-bond acceptors (Lipinski definition) is 3. The molecule has 0 unspecified atom stereocenters. The molecule has 2 heterocycles. The molecule has 3 rings (SSSR count). The summed E-state index contributed by atoms with van der Waals surface area (Å²) >= 11 is 0. The third-order valence-corrected chi connectivity index (χ3v) is 4.12. The first-order chi connectivity index (χ1) is 12.7. The number of halogens is 1. The second kappa shape index (κ2) is 8.51. The van der Waals surface area contributed by atoms with E-state index in [0.717, 1.165) is 47.3 Å². The topological polar surface area (TPSA) is 78.2 Å². The Morgan fingerprint density at radius 2 is 2.15 bits per heavy atom. The van der Waals surface area contributed by atoms with Gasteiger partial charge < -0.3 is 20.1 Å². The predicted molar refractivity (Wildman–Crippen MR) is 101 cm³/mol. The van der Waals surface area contributed by atoms with Gasteiger partial charge in [0, 0.05) is 36.3 Å². The molecule has 7 heteroatoms. The second-order valence-electron chi connectivity index (χ2n) is 6.01. The first-order valence-electron chi connectivity index (χ1n) is 8.91. The molecule has 26 heavy (non-hydrogen) atoms. The minimum atomic E-state index is -0.222. The summed E-state index contributed by atoms with van der Waals surface area (Å²) in [5.41, 5.74) is 2.95. The fraction of sp³-hybridized carbons (Fsp3) is 0.368. The summed E-state index contributed by atoms with van der Waals surface area (Å²) in [5, 5.41) is 11.4. The van der Waals surface area contributed by atoms with Crippen LogP contribution in [-0.4, -0.2) is 29.2 Å². The van der Waals surface area contributed by atoms with Gasteiger partial charge in [-0.15, -0.1) is 0 Å². The van der Waals surface area contributed by atoms with Crippen molar-refractivity contribution in [1.29, 1.82) is 0 Å². The summed E-state index contributed by atoms with van der Waals surface area (Å²) in [6, 6.07) is 6.71. The van der Waals surface area contributed by atoms with Crippen molar-refractivity contribution in [2.45, 2.75) is 33.2 Å². The highest BCUT2D eigenvalue weighted by molar-refractivity contribution is 5.83. The van der Waals surface area contributed by atoms with E-state index in [4.69, 9.17) is 4.52 Å². The van der Waals surface area contributed by atoms with Gasteiger partial charge in [0.15, 0.2) is 11.7 Å². The molecule has 0 aliphatic rings. The number of rotatable bonds is 7. The Morgan fingerprint density at radius 1 is 1.27 bits per heavy atom. The Kier molecular flexibility index (Phi) is 5.88. The molecular weight excluding hydrogens is 333 g/mol. The molecule has 6 nitrogen and oxygen atoms in total. The van der Waals surface area contributed by atoms with Gasteiger partial charge in [-0.05, 0) is 43.5 Å². The molecule has 2 aromatic heterocycles. The van der Waals surface area contributed by atoms with Gasteiger partial charge in [-0.25, -0.2) is 9.38 Å². The van der Waals surface area contributed by atoms with Gasteiger partial charge in [0.05, 0.1) is 5.69 Å². The lowest BCUT2D eigenvalue weighted by atomic mass is 10.1. The van der Waals surface area contributed by atoms with Crippen LogP contribution in [0.25, 0.3) is 10.9 Å². The van der Waals surface area contributed by atoms with E-state index in [2.05, 4.69) is 25.8 Å². The van der Waals surface area contributed by atoms with Crippen LogP contribution in [0.2, 0.25) is 0 Å². The van der Waals surface area contributed by atoms with E-state index in [1.165, 1.54) is 6.07 Å². The number of aryl methyl sites for hydroxylation is 1. The zero-order chi connectivity index (χ0) is 18.4. The molecule has 3 N–H and O–H groups in total. The van der Waals surface area contributed by atoms with E-state index in [9.17, 15) is 4.39 Å². The van der Waals surface area contributed by atoms with Gasteiger partial charge in [-0.3, -0.25) is 0 Å². The minimum Gasteiger partial charge on any atom is -0.361 e. The molecule has 0 aliphatic heterocycles. The van der Waals surface area contributed by atoms with Crippen molar-refractivity contribution in [3.8, 4) is 0 Å². The van der Waals surface area contributed by atoms with Crippen molar-refractivity contribution in [2.24, 2.45) is 4.99 Å². The SMILES string of the molecule is CCNC(=NCc1cc(CC)no1)NCCc1c[nH]c2ccc(F)cc12. The highest BCUT2D eigenvalue weighted by Gasteiger charge is 2.06. The fourth-order valence-electron chi connectivity index (χ4n) is 2.77. The molecule has 0 amide bonds. The van der Waals surface area contributed by atoms with Gasteiger partial charge in [-0.1, -0.05) is 12.1 Å². The summed E-state index contributed by atoms with van der Waals surface area (Å²) in [4.78, 5) is 7.69. The number of hydrogen-bond donors (Lipinski definition) is 3. The average molecular weight is 357 g/mol. The molecule has 0 saturated carbocycles. The third kappa shape index (κ3) is 4.41. The molecule has 0 spiro atoms. The number of benzene rings is 1. The molecule has 0 radical (unpaired) electrons. The molecule has 0 bridgehead atoms. The summed E-state index contributed by atoms with van der Waals surface area (Å²) < 4.78 is 18.7. The summed E-state index contributed by atoms with van der Waals surface area (Å²) in [7, 11) is 0. The molecule has 1 aromatic carbocycles. The van der Waals surface area contributed by atoms with Crippen LogP contribution in [-0.2, 0) is 19.4 Å². The minimum absolute atomic E-state index is 0.222. The Bertz CT molecular complexity index is 883. The zero-order valence-corrected chi connectivity index (χ0v) is 15.1. The van der Waals surface area contributed by atoms with E-state index < -0.39 is 0 Å². The van der Waals surface area contributed by atoms with Crippen molar-refractivity contribution in [2.75, 3.05) is 13.1 Å². The Labute approximate surface area is 151 Å². The van der Waals surface area contributed by atoms with Crippen molar-refractivity contribution < 1.29 is 8.91 Å². The summed E-state index contributed by atoms with van der Waals surface area (Å²) in [5.74, 6) is 1.24. The van der Waals surface area contributed by atoms with Gasteiger partial charge in [0.25, 0.3) is 0 Å². The summed E-state index contributed by atoms with van der Waals surface area (Å²) in [6.45, 7) is 5.93. The largest absolute Gasteiger partial charge is 0.361 e. The number of nitrogens with one attached hydrogen (secondary N) is 3. The zero-order valence-electron chi connectivity index (χ0n) is 15.1. The fourth-order valence-corrected chi connectivity index (χ4v) is 2.77. The molecular formula is C19H24FN5O. The maximum absolute atomic E-state index is 13.5. The van der Waals surface area contributed by atoms with E-state index >= 15 is 0 Å². The number of fused-ring (bicyclic) bond motifs is 1. The van der Waals surface area contributed by atoms with Gasteiger partial charge in [0.1, 0.15) is 12.4 Å². The van der Waals surface area contributed by atoms with Crippen LogP contribution < -0.4 is 10.6 Å². The summed E-state index contributed by atoms with van der Waals surface area (Å²) in [6.07, 6.45) is 3.53. The van der Waals surface area contributed by atoms with Crippen LogP contribution in [0, 0.1) is 5.82 Å². The van der Waals surface area contributed by atoms with Crippen molar-refractivity contribution in [3.63, 3.8) is 0 Å². The lowest BCUT2D eigenvalue weighted by molar-refractivity contribution is 0.379. The van der Waals surface area contributed by atoms with Crippen LogP contribution in [0.15, 0.2) is 40.0 Å². The van der Waals surface area contributed by atoms with Crippen LogP contribution in [0.5, 0.6) is 0 Å². The number of aromatic nitrogens is 2. The highest BCUT2D eigenvalue weighted by Crippen LogP contribution is 2.19. The van der Waals surface area contributed by atoms with Crippen molar-refractivity contribution in [3.05, 3.63) is 53.3 Å². The normalized spacial score (nSPS) is 11.9. The van der Waals surface area contributed by atoms with E-state index in [1.54, 1.807) is 12.1 Å². The number of aliphatic imine (C=N–C) groups is 1. The molecule has 0 saturated heterocycles. The van der Waals surface area contributed by atoms with E-state index in [-0.39, 0.29) is 5.82 Å². The maximum atomic E-state index is 13.5. The average Bonchev–Trinajstić information content (AvgIpc) is 3.26. The first-order valence-corrected chi connectivity index (χ1v) is 8.91. The molecule has 3 aromatic rings. The molecule has 138 valence electrons. The van der Waals surface area contributed by atoms with Gasteiger partial charge in [0.2, 0.25) is 0 Å². The van der Waals surface area contributed by atoms with Crippen LogP contribution in [0.1, 0.15) is 30.9 Å². The van der Waals surface area contributed by atoms with Crippen LogP contribution >= 0.6 is 0 Å². The Balaban J connectivity index is 1.59. The number of guanidine groups is 1. The number of nitrogens with zero attached hydrogens (tertiary/aromatic N) is 2. The third-order valence-electron chi connectivity index (χ3n) is 4.12. The second-order valence-corrected chi connectivity index (χ2v) is 6.01. The Hall–Kier alpha value is -2.83. The van der Waals surface area contributed by atoms with Crippen molar-refractivity contribution >= 4 is 16.9 Å². The standard InChI is InChI=1S/C19H24FN5O/c1-3-15-10-16(26-25-15)12-24-19(21-4-2)22-8-7-13-11-23-18-6-5-14(20)9-17(13)18/h5-6,9-11,23H,3-4,7-8,12H2,1-2H3,(H2,21,22,24). The highest BCUT2D eigenvalue weighted by atomic mass is 19.1. The first kappa shape index (κ1) is 18.0. The molecule has 0 aliphatic carbocycles.